The summed E-state index contributed by atoms with van der Waals surface area (Å²) in [6.45, 7) is 4.41. The van der Waals surface area contributed by atoms with Crippen molar-refractivity contribution in [2.24, 2.45) is 5.92 Å². The van der Waals surface area contributed by atoms with Crippen LogP contribution in [0.25, 0.3) is 0 Å². The lowest BCUT2D eigenvalue weighted by Gasteiger charge is -2.17. The standard InChI is InChI=1S/C17H20FN3O2/c1-10-3-4-13(18)7-15(10)17(23)21-8-12(16(22)9-21)6-14-5-11(2)19-20-14/h3-5,7,12,16,22H,6,8-9H2,1-2H3,(H,19,20)/t12-,16+/m1/s1. The lowest BCUT2D eigenvalue weighted by Crippen LogP contribution is -2.30. The number of rotatable bonds is 3. The molecule has 0 unspecified atom stereocenters. The Morgan fingerprint density at radius 1 is 1.39 bits per heavy atom. The van der Waals surface area contributed by atoms with Crippen molar-refractivity contribution in [1.82, 2.24) is 15.1 Å². The van der Waals surface area contributed by atoms with Gasteiger partial charge in [0.2, 0.25) is 0 Å². The van der Waals surface area contributed by atoms with Gasteiger partial charge in [0, 0.05) is 30.3 Å². The van der Waals surface area contributed by atoms with Crippen LogP contribution in [0.2, 0.25) is 0 Å². The number of β-amino-alcohol motifs (C(OH)–C–C–N with tert-alkyl or cyclic N) is 1. The third-order valence-corrected chi connectivity index (χ3v) is 4.35. The first-order valence-corrected chi connectivity index (χ1v) is 7.68. The van der Waals surface area contributed by atoms with E-state index in [9.17, 15) is 14.3 Å². The molecule has 0 bridgehead atoms. The molecule has 2 atom stereocenters. The number of amides is 1. The predicted molar refractivity (Wildman–Crippen MR) is 83.6 cm³/mol. The Bertz CT molecular complexity index is 728. The summed E-state index contributed by atoms with van der Waals surface area (Å²) in [5.74, 6) is -0.723. The number of likely N-dealkylation sites (tertiary alicyclic amines) is 1. The molecule has 23 heavy (non-hydrogen) atoms. The lowest BCUT2D eigenvalue weighted by atomic mass is 10.00. The number of aryl methyl sites for hydroxylation is 2. The highest BCUT2D eigenvalue weighted by atomic mass is 19.1. The maximum atomic E-state index is 13.4. The van der Waals surface area contributed by atoms with E-state index >= 15 is 0 Å². The third kappa shape index (κ3) is 3.27. The Hall–Kier alpha value is -2.21. The van der Waals surface area contributed by atoms with E-state index in [1.165, 1.54) is 12.1 Å². The zero-order valence-electron chi connectivity index (χ0n) is 13.2. The maximum absolute atomic E-state index is 13.4. The molecule has 0 spiro atoms. The van der Waals surface area contributed by atoms with Crippen molar-refractivity contribution >= 4 is 5.91 Å². The molecular formula is C17H20FN3O2. The number of hydrogen-bond acceptors (Lipinski definition) is 3. The topological polar surface area (TPSA) is 69.2 Å². The second-order valence-electron chi connectivity index (χ2n) is 6.24. The van der Waals surface area contributed by atoms with Crippen LogP contribution in [0.15, 0.2) is 24.3 Å². The zero-order valence-corrected chi connectivity index (χ0v) is 13.2. The minimum atomic E-state index is -0.593. The Kier molecular flexibility index (Phi) is 4.17. The van der Waals surface area contributed by atoms with Crippen LogP contribution in [0.4, 0.5) is 4.39 Å². The van der Waals surface area contributed by atoms with Crippen molar-refractivity contribution in [3.05, 3.63) is 52.6 Å². The summed E-state index contributed by atoms with van der Waals surface area (Å²) in [4.78, 5) is 14.2. The van der Waals surface area contributed by atoms with E-state index in [2.05, 4.69) is 10.2 Å². The Balaban J connectivity index is 1.72. The summed E-state index contributed by atoms with van der Waals surface area (Å²) in [5.41, 5.74) is 2.93. The summed E-state index contributed by atoms with van der Waals surface area (Å²) in [6.07, 6.45) is 0.0158. The largest absolute Gasteiger partial charge is 0.391 e. The highest BCUT2D eigenvalue weighted by Gasteiger charge is 2.35. The fraction of sp³-hybridized carbons (Fsp3) is 0.412. The number of aliphatic hydroxyl groups excluding tert-OH is 1. The van der Waals surface area contributed by atoms with Gasteiger partial charge >= 0.3 is 0 Å². The third-order valence-electron chi connectivity index (χ3n) is 4.35. The molecule has 122 valence electrons. The molecule has 1 fully saturated rings. The van der Waals surface area contributed by atoms with E-state index in [0.717, 1.165) is 17.0 Å². The van der Waals surface area contributed by atoms with E-state index in [4.69, 9.17) is 0 Å². The van der Waals surface area contributed by atoms with Gasteiger partial charge in [-0.2, -0.15) is 5.10 Å². The molecule has 0 aliphatic carbocycles. The van der Waals surface area contributed by atoms with Gasteiger partial charge < -0.3 is 10.0 Å². The van der Waals surface area contributed by atoms with Crippen molar-refractivity contribution in [3.63, 3.8) is 0 Å². The average Bonchev–Trinajstić information content (AvgIpc) is 3.08. The molecule has 1 aliphatic heterocycles. The van der Waals surface area contributed by atoms with Crippen LogP contribution in [-0.4, -0.2) is 45.3 Å². The summed E-state index contributed by atoms with van der Waals surface area (Å²) in [7, 11) is 0. The van der Waals surface area contributed by atoms with Crippen molar-refractivity contribution in [3.8, 4) is 0 Å². The second kappa shape index (κ2) is 6.12. The van der Waals surface area contributed by atoms with E-state index in [1.807, 2.05) is 13.0 Å². The first kappa shape index (κ1) is 15.7. The lowest BCUT2D eigenvalue weighted by molar-refractivity contribution is 0.0763. The number of nitrogens with one attached hydrogen (secondary N) is 1. The van der Waals surface area contributed by atoms with Crippen molar-refractivity contribution in [1.29, 1.82) is 0 Å². The molecule has 6 heteroatoms. The maximum Gasteiger partial charge on any atom is 0.254 e. The number of halogens is 1. The van der Waals surface area contributed by atoms with Crippen LogP contribution in [-0.2, 0) is 6.42 Å². The molecule has 1 amide bonds. The predicted octanol–water partition coefficient (Wildman–Crippen LogP) is 1.84. The molecule has 1 saturated heterocycles. The van der Waals surface area contributed by atoms with E-state index < -0.39 is 11.9 Å². The summed E-state index contributed by atoms with van der Waals surface area (Å²) in [5, 5.41) is 17.3. The van der Waals surface area contributed by atoms with Crippen LogP contribution >= 0.6 is 0 Å². The smallest absolute Gasteiger partial charge is 0.254 e. The molecule has 0 saturated carbocycles. The highest BCUT2D eigenvalue weighted by Crippen LogP contribution is 2.24. The SMILES string of the molecule is Cc1cc(C[C@@H]2CN(C(=O)c3cc(F)ccc3C)C[C@@H]2O)n[nH]1. The molecular weight excluding hydrogens is 297 g/mol. The van der Waals surface area contributed by atoms with Crippen LogP contribution in [0, 0.1) is 25.6 Å². The Labute approximate surface area is 134 Å². The van der Waals surface area contributed by atoms with E-state index in [-0.39, 0.29) is 18.4 Å². The minimum absolute atomic E-state index is 0.0597. The van der Waals surface area contributed by atoms with Crippen LogP contribution in [0.3, 0.4) is 0 Å². The molecule has 1 aliphatic rings. The number of hydrogen-bond donors (Lipinski definition) is 2. The zero-order chi connectivity index (χ0) is 16.6. The normalized spacial score (nSPS) is 21.0. The Morgan fingerprint density at radius 2 is 2.17 bits per heavy atom. The Morgan fingerprint density at radius 3 is 2.87 bits per heavy atom. The monoisotopic (exact) mass is 317 g/mol. The van der Waals surface area contributed by atoms with E-state index in [1.54, 1.807) is 17.9 Å². The van der Waals surface area contributed by atoms with Crippen molar-refractivity contribution in [2.75, 3.05) is 13.1 Å². The van der Waals surface area contributed by atoms with Gasteiger partial charge in [-0.3, -0.25) is 9.89 Å². The molecule has 0 radical (unpaired) electrons. The number of nitrogens with zero attached hydrogens (tertiary/aromatic N) is 2. The number of carbonyl (C=O) groups excluding carboxylic acids is 1. The number of benzene rings is 1. The van der Waals surface area contributed by atoms with Crippen LogP contribution < -0.4 is 0 Å². The van der Waals surface area contributed by atoms with Gasteiger partial charge in [-0.05, 0) is 44.0 Å². The van der Waals surface area contributed by atoms with Gasteiger partial charge in [-0.1, -0.05) is 6.07 Å². The molecule has 1 aromatic heterocycles. The number of aromatic nitrogens is 2. The van der Waals surface area contributed by atoms with Crippen molar-refractivity contribution in [2.45, 2.75) is 26.4 Å². The molecule has 2 heterocycles. The average molecular weight is 317 g/mol. The number of H-pyrrole nitrogens is 1. The number of carbonyl (C=O) groups is 1. The van der Waals surface area contributed by atoms with Crippen LogP contribution in [0.5, 0.6) is 0 Å². The van der Waals surface area contributed by atoms with Gasteiger partial charge in [-0.25, -0.2) is 4.39 Å². The molecule has 1 aromatic carbocycles. The van der Waals surface area contributed by atoms with Crippen molar-refractivity contribution < 1.29 is 14.3 Å². The minimum Gasteiger partial charge on any atom is -0.391 e. The molecule has 2 aromatic rings. The van der Waals surface area contributed by atoms with Gasteiger partial charge in [0.15, 0.2) is 0 Å². The van der Waals surface area contributed by atoms with Crippen LogP contribution in [0.1, 0.15) is 27.3 Å². The van der Waals surface area contributed by atoms with Gasteiger partial charge in [0.25, 0.3) is 5.91 Å². The first-order chi connectivity index (χ1) is 10.9. The summed E-state index contributed by atoms with van der Waals surface area (Å²) in [6, 6.07) is 6.13. The fourth-order valence-corrected chi connectivity index (χ4v) is 3.06. The molecule has 3 rings (SSSR count). The summed E-state index contributed by atoms with van der Waals surface area (Å²) >= 11 is 0. The van der Waals surface area contributed by atoms with Gasteiger partial charge in [-0.15, -0.1) is 0 Å². The molecule has 2 N–H and O–H groups in total. The van der Waals surface area contributed by atoms with E-state index in [0.29, 0.717) is 18.5 Å². The second-order valence-corrected chi connectivity index (χ2v) is 6.24. The number of aromatic amines is 1. The number of aliphatic hydroxyl groups is 1. The first-order valence-electron chi connectivity index (χ1n) is 7.68. The van der Waals surface area contributed by atoms with Gasteiger partial charge in [0.05, 0.1) is 11.8 Å². The highest BCUT2D eigenvalue weighted by molar-refractivity contribution is 5.95. The summed E-state index contributed by atoms with van der Waals surface area (Å²) < 4.78 is 13.4. The fourth-order valence-electron chi connectivity index (χ4n) is 3.06. The quantitative estimate of drug-likeness (QED) is 0.907. The molecule has 5 nitrogen and oxygen atoms in total. The van der Waals surface area contributed by atoms with Gasteiger partial charge in [0.1, 0.15) is 5.82 Å².